The molecule has 0 saturated heterocycles. The first-order valence-electron chi connectivity index (χ1n) is 8.83. The third-order valence-electron chi connectivity index (χ3n) is 4.44. The van der Waals surface area contributed by atoms with E-state index in [1.54, 1.807) is 12.3 Å². The summed E-state index contributed by atoms with van der Waals surface area (Å²) in [6.07, 6.45) is 8.61. The Morgan fingerprint density at radius 2 is 1.80 bits per heavy atom. The maximum Gasteiger partial charge on any atom is 0.270 e. The molecule has 1 aromatic heterocycles. The number of halogens is 1. The summed E-state index contributed by atoms with van der Waals surface area (Å²) in [7, 11) is 0. The largest absolute Gasteiger partial charge is 0.350 e. The van der Waals surface area contributed by atoms with Gasteiger partial charge in [-0.1, -0.05) is 49.4 Å². The molecule has 6 heteroatoms. The summed E-state index contributed by atoms with van der Waals surface area (Å²) < 4.78 is 0. The highest BCUT2D eigenvalue weighted by Gasteiger charge is 2.16. The minimum absolute atomic E-state index is 0.121. The minimum Gasteiger partial charge on any atom is -0.350 e. The second-order valence-corrected chi connectivity index (χ2v) is 6.84. The number of carbonyl (C=O) groups is 1. The lowest BCUT2D eigenvalue weighted by atomic mass is 10.1. The number of aromatic nitrogens is 2. The average Bonchev–Trinajstić information content (AvgIpc) is 2.90. The fourth-order valence-corrected chi connectivity index (χ4v) is 3.16. The van der Waals surface area contributed by atoms with Crippen LogP contribution in [0.1, 0.15) is 54.6 Å². The number of rotatable bonds is 5. The van der Waals surface area contributed by atoms with E-state index < -0.39 is 0 Å². The second kappa shape index (κ2) is 8.81. The molecule has 1 heterocycles. The maximum absolute atomic E-state index is 12.4. The Labute approximate surface area is 153 Å². The summed E-state index contributed by atoms with van der Waals surface area (Å²) >= 11 is 5.89. The van der Waals surface area contributed by atoms with E-state index in [-0.39, 0.29) is 11.9 Å². The third-order valence-corrected chi connectivity index (χ3v) is 4.69. The first-order chi connectivity index (χ1) is 12.2. The van der Waals surface area contributed by atoms with E-state index in [0.29, 0.717) is 23.2 Å². The number of amides is 1. The van der Waals surface area contributed by atoms with Gasteiger partial charge in [0.15, 0.2) is 0 Å². The van der Waals surface area contributed by atoms with E-state index in [0.717, 1.165) is 18.4 Å². The number of nitrogens with one attached hydrogen (secondary N) is 2. The average molecular weight is 359 g/mol. The summed E-state index contributed by atoms with van der Waals surface area (Å²) in [4.78, 5) is 21.0. The lowest BCUT2D eigenvalue weighted by Crippen LogP contribution is -2.35. The van der Waals surface area contributed by atoms with Crippen LogP contribution in [0.15, 0.2) is 36.5 Å². The SMILES string of the molecule is O=C(NC1CCCCCC1)c1ccnc(NCc2ccc(Cl)cc2)n1. The highest BCUT2D eigenvalue weighted by atomic mass is 35.5. The molecule has 0 atom stereocenters. The molecule has 0 spiro atoms. The lowest BCUT2D eigenvalue weighted by Gasteiger charge is -2.16. The zero-order valence-corrected chi connectivity index (χ0v) is 14.9. The molecule has 132 valence electrons. The van der Waals surface area contributed by atoms with Crippen molar-refractivity contribution in [1.82, 2.24) is 15.3 Å². The molecule has 0 aliphatic heterocycles. The molecule has 1 amide bonds. The fourth-order valence-electron chi connectivity index (χ4n) is 3.04. The number of carbonyl (C=O) groups excluding carboxylic acids is 1. The number of anilines is 1. The van der Waals surface area contributed by atoms with Crippen molar-refractivity contribution in [3.63, 3.8) is 0 Å². The summed E-state index contributed by atoms with van der Waals surface area (Å²) in [6, 6.07) is 9.48. The fraction of sp³-hybridized carbons (Fsp3) is 0.421. The van der Waals surface area contributed by atoms with E-state index in [9.17, 15) is 4.79 Å². The van der Waals surface area contributed by atoms with Gasteiger partial charge >= 0.3 is 0 Å². The lowest BCUT2D eigenvalue weighted by molar-refractivity contribution is 0.0928. The van der Waals surface area contributed by atoms with E-state index in [2.05, 4.69) is 20.6 Å². The van der Waals surface area contributed by atoms with Crippen LogP contribution < -0.4 is 10.6 Å². The molecule has 3 rings (SSSR count). The molecule has 1 aliphatic carbocycles. The normalized spacial score (nSPS) is 15.4. The van der Waals surface area contributed by atoms with Crippen molar-refractivity contribution in [2.24, 2.45) is 0 Å². The van der Waals surface area contributed by atoms with Gasteiger partial charge in [-0.2, -0.15) is 0 Å². The number of hydrogen-bond donors (Lipinski definition) is 2. The summed E-state index contributed by atoms with van der Waals surface area (Å²) in [5.41, 5.74) is 1.47. The van der Waals surface area contributed by atoms with Crippen molar-refractivity contribution in [3.8, 4) is 0 Å². The predicted octanol–water partition coefficient (Wildman–Crippen LogP) is 4.19. The highest BCUT2D eigenvalue weighted by molar-refractivity contribution is 6.30. The summed E-state index contributed by atoms with van der Waals surface area (Å²) in [5.74, 6) is 0.326. The molecular weight excluding hydrogens is 336 g/mol. The second-order valence-electron chi connectivity index (χ2n) is 6.41. The van der Waals surface area contributed by atoms with Gasteiger partial charge < -0.3 is 10.6 Å². The summed E-state index contributed by atoms with van der Waals surface area (Å²) in [6.45, 7) is 0.574. The van der Waals surface area contributed by atoms with Gasteiger partial charge in [-0.05, 0) is 36.6 Å². The van der Waals surface area contributed by atoms with Gasteiger partial charge in [0.05, 0.1) is 0 Å². The third kappa shape index (κ3) is 5.43. The Hall–Kier alpha value is -2.14. The van der Waals surface area contributed by atoms with Gasteiger partial charge in [0.1, 0.15) is 5.69 Å². The quantitative estimate of drug-likeness (QED) is 0.786. The Kier molecular flexibility index (Phi) is 6.23. The van der Waals surface area contributed by atoms with Crippen LogP contribution in [0.4, 0.5) is 5.95 Å². The zero-order chi connectivity index (χ0) is 17.5. The van der Waals surface area contributed by atoms with Gasteiger partial charge in [0, 0.05) is 23.8 Å². The Bertz CT molecular complexity index is 697. The minimum atomic E-state index is -0.121. The molecule has 2 N–H and O–H groups in total. The molecule has 5 nitrogen and oxygen atoms in total. The highest BCUT2D eigenvalue weighted by Crippen LogP contribution is 2.17. The summed E-state index contributed by atoms with van der Waals surface area (Å²) in [5, 5.41) is 6.96. The van der Waals surface area contributed by atoms with Crippen LogP contribution in [0.25, 0.3) is 0 Å². The molecule has 0 bridgehead atoms. The van der Waals surface area contributed by atoms with E-state index in [1.165, 1.54) is 25.7 Å². The number of nitrogens with zero attached hydrogens (tertiary/aromatic N) is 2. The van der Waals surface area contributed by atoms with E-state index >= 15 is 0 Å². The maximum atomic E-state index is 12.4. The zero-order valence-electron chi connectivity index (χ0n) is 14.2. The Morgan fingerprint density at radius 3 is 2.52 bits per heavy atom. The van der Waals surface area contributed by atoms with Crippen molar-refractivity contribution in [1.29, 1.82) is 0 Å². The smallest absolute Gasteiger partial charge is 0.270 e. The molecule has 0 radical (unpaired) electrons. The topological polar surface area (TPSA) is 66.9 Å². The van der Waals surface area contributed by atoms with Crippen molar-refractivity contribution >= 4 is 23.5 Å². The van der Waals surface area contributed by atoms with E-state index in [1.807, 2.05) is 24.3 Å². The van der Waals surface area contributed by atoms with Crippen molar-refractivity contribution in [2.45, 2.75) is 51.1 Å². The monoisotopic (exact) mass is 358 g/mol. The van der Waals surface area contributed by atoms with Crippen molar-refractivity contribution in [2.75, 3.05) is 5.32 Å². The van der Waals surface area contributed by atoms with Crippen LogP contribution in [0.2, 0.25) is 5.02 Å². The predicted molar refractivity (Wildman–Crippen MR) is 99.8 cm³/mol. The van der Waals surface area contributed by atoms with Crippen LogP contribution in [0.5, 0.6) is 0 Å². The van der Waals surface area contributed by atoms with Gasteiger partial charge in [0.25, 0.3) is 5.91 Å². The molecule has 1 saturated carbocycles. The molecule has 1 aromatic carbocycles. The first kappa shape index (κ1) is 17.7. The van der Waals surface area contributed by atoms with Gasteiger partial charge in [0.2, 0.25) is 5.95 Å². The van der Waals surface area contributed by atoms with Crippen LogP contribution in [0, 0.1) is 0 Å². The molecular formula is C19H23ClN4O. The Balaban J connectivity index is 1.58. The van der Waals surface area contributed by atoms with Crippen LogP contribution in [-0.2, 0) is 6.54 Å². The molecule has 25 heavy (non-hydrogen) atoms. The standard InChI is InChI=1S/C19H23ClN4O/c20-15-9-7-14(8-10-15)13-22-19-21-12-11-17(24-19)18(25)23-16-5-3-1-2-4-6-16/h7-12,16H,1-6,13H2,(H,23,25)(H,21,22,24). The first-order valence-corrected chi connectivity index (χ1v) is 9.21. The molecule has 0 unspecified atom stereocenters. The Morgan fingerprint density at radius 1 is 1.08 bits per heavy atom. The molecule has 1 fully saturated rings. The number of hydrogen-bond acceptors (Lipinski definition) is 4. The van der Waals surface area contributed by atoms with Crippen molar-refractivity contribution < 1.29 is 4.79 Å². The van der Waals surface area contributed by atoms with Gasteiger partial charge in [-0.3, -0.25) is 4.79 Å². The molecule has 2 aromatic rings. The number of benzene rings is 1. The van der Waals surface area contributed by atoms with Crippen LogP contribution in [-0.4, -0.2) is 21.9 Å². The van der Waals surface area contributed by atoms with Crippen LogP contribution in [0.3, 0.4) is 0 Å². The van der Waals surface area contributed by atoms with Gasteiger partial charge in [-0.25, -0.2) is 9.97 Å². The van der Waals surface area contributed by atoms with E-state index in [4.69, 9.17) is 11.6 Å². The molecule has 1 aliphatic rings. The van der Waals surface area contributed by atoms with Gasteiger partial charge in [-0.15, -0.1) is 0 Å². The van der Waals surface area contributed by atoms with Crippen LogP contribution >= 0.6 is 11.6 Å². The van der Waals surface area contributed by atoms with Crippen molar-refractivity contribution in [3.05, 3.63) is 52.8 Å².